The van der Waals surface area contributed by atoms with Crippen LogP contribution in [0.15, 0.2) is 50.1 Å². The molecule has 2 aromatic carbocycles. The zero-order valence-corrected chi connectivity index (χ0v) is 13.0. The van der Waals surface area contributed by atoms with Gasteiger partial charge < -0.3 is 4.42 Å². The number of hydrogen-bond donors (Lipinski definition) is 0. The number of hydrogen-bond acceptors (Lipinski definition) is 5. The number of nitrogens with zero attached hydrogens (tertiary/aromatic N) is 2. The molecule has 1 aromatic heterocycles. The summed E-state index contributed by atoms with van der Waals surface area (Å²) in [5, 5.41) is 11.5. The molecule has 0 radical (unpaired) electrons. The van der Waals surface area contributed by atoms with Gasteiger partial charge in [0.25, 0.3) is 5.69 Å². The first-order chi connectivity index (χ1) is 10.5. The predicted octanol–water partition coefficient (Wildman–Crippen LogP) is 3.83. The summed E-state index contributed by atoms with van der Waals surface area (Å²) in [5.74, 6) is -0.0600. The van der Waals surface area contributed by atoms with Crippen LogP contribution >= 0.6 is 15.9 Å². The number of nitro groups is 1. The first-order valence-electron chi connectivity index (χ1n) is 6.31. The Kier molecular flexibility index (Phi) is 3.50. The molecule has 3 aromatic rings. The van der Waals surface area contributed by atoms with Crippen molar-refractivity contribution in [1.29, 1.82) is 0 Å². The number of aryl methyl sites for hydroxylation is 1. The van der Waals surface area contributed by atoms with Gasteiger partial charge in [-0.05, 0) is 36.8 Å². The average Bonchev–Trinajstić information content (AvgIpc) is 2.47. The number of aromatic nitrogens is 1. The van der Waals surface area contributed by atoms with E-state index in [4.69, 9.17) is 4.42 Å². The lowest BCUT2D eigenvalue weighted by molar-refractivity contribution is -0.384. The van der Waals surface area contributed by atoms with Gasteiger partial charge in [0, 0.05) is 10.5 Å². The van der Waals surface area contributed by atoms with E-state index in [9.17, 15) is 14.9 Å². The molecule has 0 saturated carbocycles. The van der Waals surface area contributed by atoms with Crippen LogP contribution < -0.4 is 5.63 Å². The third-order valence-electron chi connectivity index (χ3n) is 3.17. The molecule has 0 spiro atoms. The summed E-state index contributed by atoms with van der Waals surface area (Å²) in [6, 6.07) is 9.57. The van der Waals surface area contributed by atoms with Crippen molar-refractivity contribution in [2.24, 2.45) is 0 Å². The van der Waals surface area contributed by atoms with Crippen LogP contribution in [-0.4, -0.2) is 9.91 Å². The van der Waals surface area contributed by atoms with E-state index in [1.54, 1.807) is 37.3 Å². The highest BCUT2D eigenvalue weighted by atomic mass is 79.9. The standard InChI is InChI=1S/C15H9BrN2O4/c1-8-2-5-13(18(20)21)11(6-8)14-17-12-4-3-9(16)7-10(12)15(19)22-14/h2-7H,1H3. The average molecular weight is 361 g/mol. The van der Waals surface area contributed by atoms with Crippen LogP contribution in [0.1, 0.15) is 5.56 Å². The fourth-order valence-electron chi connectivity index (χ4n) is 2.14. The summed E-state index contributed by atoms with van der Waals surface area (Å²) in [6.45, 7) is 1.80. The third kappa shape index (κ3) is 2.50. The molecule has 0 fully saturated rings. The Morgan fingerprint density at radius 3 is 2.73 bits per heavy atom. The summed E-state index contributed by atoms with van der Waals surface area (Å²) in [6.07, 6.45) is 0. The maximum atomic E-state index is 12.1. The molecule has 3 rings (SSSR count). The molecule has 0 N–H and O–H groups in total. The monoisotopic (exact) mass is 360 g/mol. The van der Waals surface area contributed by atoms with Crippen molar-refractivity contribution in [3.63, 3.8) is 0 Å². The summed E-state index contributed by atoms with van der Waals surface area (Å²) in [4.78, 5) is 27.0. The van der Waals surface area contributed by atoms with Crippen molar-refractivity contribution in [3.05, 3.63) is 67.0 Å². The lowest BCUT2D eigenvalue weighted by Crippen LogP contribution is -2.04. The second-order valence-electron chi connectivity index (χ2n) is 4.75. The van der Waals surface area contributed by atoms with Gasteiger partial charge in [-0.25, -0.2) is 9.78 Å². The van der Waals surface area contributed by atoms with Crippen molar-refractivity contribution in [2.45, 2.75) is 6.92 Å². The van der Waals surface area contributed by atoms with E-state index in [-0.39, 0.29) is 17.1 Å². The number of halogens is 1. The molecule has 7 heteroatoms. The summed E-state index contributed by atoms with van der Waals surface area (Å²) < 4.78 is 5.91. The molecule has 110 valence electrons. The maximum Gasteiger partial charge on any atom is 0.347 e. The van der Waals surface area contributed by atoms with Gasteiger partial charge in [-0.1, -0.05) is 22.0 Å². The molecule has 0 unspecified atom stereocenters. The zero-order chi connectivity index (χ0) is 15.9. The topological polar surface area (TPSA) is 86.2 Å². The van der Waals surface area contributed by atoms with Crippen molar-refractivity contribution < 1.29 is 9.34 Å². The van der Waals surface area contributed by atoms with Gasteiger partial charge in [0.2, 0.25) is 5.89 Å². The molecule has 0 atom stereocenters. The Labute approximate surface area is 132 Å². The molecule has 0 aliphatic rings. The Bertz CT molecular complexity index is 965. The zero-order valence-electron chi connectivity index (χ0n) is 11.4. The van der Waals surface area contributed by atoms with E-state index in [1.165, 1.54) is 6.07 Å². The molecule has 0 amide bonds. The molecular weight excluding hydrogens is 352 g/mol. The van der Waals surface area contributed by atoms with Crippen LogP contribution in [0.5, 0.6) is 0 Å². The van der Waals surface area contributed by atoms with Gasteiger partial charge in [0.15, 0.2) is 0 Å². The molecule has 0 aliphatic carbocycles. The van der Waals surface area contributed by atoms with E-state index >= 15 is 0 Å². The predicted molar refractivity (Wildman–Crippen MR) is 84.8 cm³/mol. The van der Waals surface area contributed by atoms with E-state index in [0.29, 0.717) is 10.9 Å². The van der Waals surface area contributed by atoms with E-state index < -0.39 is 10.5 Å². The minimum Gasteiger partial charge on any atom is -0.403 e. The van der Waals surface area contributed by atoms with Gasteiger partial charge in [0.1, 0.15) is 5.56 Å². The van der Waals surface area contributed by atoms with Gasteiger partial charge in [0.05, 0.1) is 15.8 Å². The molecule has 1 heterocycles. The maximum absolute atomic E-state index is 12.1. The minimum atomic E-state index is -0.586. The Morgan fingerprint density at radius 2 is 2.00 bits per heavy atom. The number of nitro benzene ring substituents is 1. The normalized spacial score (nSPS) is 10.8. The lowest BCUT2D eigenvalue weighted by Gasteiger charge is -2.04. The van der Waals surface area contributed by atoms with E-state index in [2.05, 4.69) is 20.9 Å². The van der Waals surface area contributed by atoms with E-state index in [0.717, 1.165) is 10.0 Å². The smallest absolute Gasteiger partial charge is 0.347 e. The highest BCUT2D eigenvalue weighted by Crippen LogP contribution is 2.30. The van der Waals surface area contributed by atoms with Crippen molar-refractivity contribution in [3.8, 4) is 11.5 Å². The molecule has 0 saturated heterocycles. The van der Waals surface area contributed by atoms with Gasteiger partial charge >= 0.3 is 5.63 Å². The lowest BCUT2D eigenvalue weighted by atomic mass is 10.1. The van der Waals surface area contributed by atoms with Gasteiger partial charge in [-0.2, -0.15) is 0 Å². The second kappa shape index (κ2) is 5.34. The second-order valence-corrected chi connectivity index (χ2v) is 5.66. The molecule has 6 nitrogen and oxygen atoms in total. The van der Waals surface area contributed by atoms with Crippen LogP contribution in [0, 0.1) is 17.0 Å². The Hall–Kier alpha value is -2.54. The van der Waals surface area contributed by atoms with Crippen LogP contribution in [-0.2, 0) is 0 Å². The van der Waals surface area contributed by atoms with Crippen molar-refractivity contribution in [1.82, 2.24) is 4.98 Å². The quantitative estimate of drug-likeness (QED) is 0.511. The Morgan fingerprint density at radius 1 is 1.23 bits per heavy atom. The van der Waals surface area contributed by atoms with Crippen molar-refractivity contribution >= 4 is 32.5 Å². The van der Waals surface area contributed by atoms with Crippen LogP contribution in [0.25, 0.3) is 22.4 Å². The third-order valence-corrected chi connectivity index (χ3v) is 3.66. The fourth-order valence-corrected chi connectivity index (χ4v) is 2.50. The van der Waals surface area contributed by atoms with E-state index in [1.807, 2.05) is 0 Å². The number of rotatable bonds is 2. The largest absolute Gasteiger partial charge is 0.403 e. The van der Waals surface area contributed by atoms with Gasteiger partial charge in [-0.15, -0.1) is 0 Å². The summed E-state index contributed by atoms with van der Waals surface area (Å²) in [5.41, 5.74) is 0.674. The number of fused-ring (bicyclic) bond motifs is 1. The van der Waals surface area contributed by atoms with Crippen LogP contribution in [0.3, 0.4) is 0 Å². The molecule has 0 bridgehead atoms. The van der Waals surface area contributed by atoms with Crippen molar-refractivity contribution in [2.75, 3.05) is 0 Å². The first-order valence-corrected chi connectivity index (χ1v) is 7.11. The van der Waals surface area contributed by atoms with Gasteiger partial charge in [-0.3, -0.25) is 10.1 Å². The SMILES string of the molecule is Cc1ccc([N+](=O)[O-])c(-c2nc3ccc(Br)cc3c(=O)o2)c1. The molecule has 0 aliphatic heterocycles. The first kappa shape index (κ1) is 14.4. The fraction of sp³-hybridized carbons (Fsp3) is 0.0667. The number of benzene rings is 2. The Balaban J connectivity index is 2.32. The molecular formula is C15H9BrN2O4. The minimum absolute atomic E-state index is 0.0600. The van der Waals surface area contributed by atoms with Crippen LogP contribution in [0.4, 0.5) is 5.69 Å². The highest BCUT2D eigenvalue weighted by molar-refractivity contribution is 9.10. The summed E-state index contributed by atoms with van der Waals surface area (Å²) in [7, 11) is 0. The summed E-state index contributed by atoms with van der Waals surface area (Å²) >= 11 is 3.27. The highest BCUT2D eigenvalue weighted by Gasteiger charge is 2.20. The molecule has 22 heavy (non-hydrogen) atoms. The van der Waals surface area contributed by atoms with Crippen LogP contribution in [0.2, 0.25) is 0 Å².